The molecule has 0 atom stereocenters. The van der Waals surface area contributed by atoms with Gasteiger partial charge in [-0.1, -0.05) is 48.8 Å². The zero-order valence-corrected chi connectivity index (χ0v) is 17.2. The molecule has 10 heteroatoms. The zero-order chi connectivity index (χ0) is 20.1. The molecule has 148 valence electrons. The number of hydrogen-bond donors (Lipinski definition) is 2. The Morgan fingerprint density at radius 2 is 2.07 bits per heavy atom. The van der Waals surface area contributed by atoms with Gasteiger partial charge in [0.25, 0.3) is 0 Å². The molecule has 0 unspecified atom stereocenters. The number of nitrogens with zero attached hydrogens (tertiary/aromatic N) is 4. The van der Waals surface area contributed by atoms with Crippen LogP contribution < -0.4 is 11.0 Å². The number of rotatable bonds is 8. The van der Waals surface area contributed by atoms with E-state index < -0.39 is 0 Å². The van der Waals surface area contributed by atoms with Gasteiger partial charge in [0.05, 0.1) is 11.4 Å². The molecular weight excluding hydrogens is 400 g/mol. The molecule has 3 rings (SSSR count). The molecule has 0 aliphatic heterocycles. The van der Waals surface area contributed by atoms with Crippen molar-refractivity contribution in [2.45, 2.75) is 31.5 Å². The van der Waals surface area contributed by atoms with E-state index in [0.717, 1.165) is 24.1 Å². The Kier molecular flexibility index (Phi) is 6.58. The van der Waals surface area contributed by atoms with E-state index >= 15 is 0 Å². The lowest BCUT2D eigenvalue weighted by Crippen LogP contribution is -2.19. The highest BCUT2D eigenvalue weighted by Gasteiger charge is 2.13. The number of nitrogens with one attached hydrogen (secondary N) is 2. The summed E-state index contributed by atoms with van der Waals surface area (Å²) >= 11 is 7.14. The van der Waals surface area contributed by atoms with Gasteiger partial charge in [-0.15, -0.1) is 5.10 Å². The van der Waals surface area contributed by atoms with Crippen LogP contribution in [0.4, 0.5) is 5.82 Å². The minimum absolute atomic E-state index is 0.137. The van der Waals surface area contributed by atoms with Crippen LogP contribution in [0.3, 0.4) is 0 Å². The Bertz CT molecular complexity index is 1010. The number of hydrogen-bond acceptors (Lipinski definition) is 5. The number of aromatic amines is 1. The van der Waals surface area contributed by atoms with Crippen molar-refractivity contribution in [1.29, 1.82) is 0 Å². The third kappa shape index (κ3) is 4.85. The molecule has 0 fully saturated rings. The highest BCUT2D eigenvalue weighted by molar-refractivity contribution is 7.99. The molecule has 3 aromatic rings. The van der Waals surface area contributed by atoms with E-state index in [1.54, 1.807) is 34.5 Å². The summed E-state index contributed by atoms with van der Waals surface area (Å²) in [6.45, 7) is 2.64. The molecule has 8 nitrogen and oxygen atoms in total. The first-order valence-corrected chi connectivity index (χ1v) is 10.2. The van der Waals surface area contributed by atoms with E-state index in [1.165, 1.54) is 11.8 Å². The van der Waals surface area contributed by atoms with Gasteiger partial charge in [0.1, 0.15) is 5.82 Å². The molecule has 0 bridgehead atoms. The van der Waals surface area contributed by atoms with Crippen LogP contribution in [-0.4, -0.2) is 36.2 Å². The van der Waals surface area contributed by atoms with Crippen molar-refractivity contribution in [1.82, 2.24) is 24.5 Å². The first-order chi connectivity index (χ1) is 13.5. The largest absolute Gasteiger partial charge is 0.343 e. The second kappa shape index (κ2) is 9.11. The van der Waals surface area contributed by atoms with Crippen LogP contribution in [0.1, 0.15) is 19.8 Å². The number of carbonyl (C=O) groups excluding carboxylic acids is 1. The number of aryl methyl sites for hydroxylation is 1. The number of benzene rings is 1. The normalized spacial score (nSPS) is 11.0. The number of aromatic nitrogens is 5. The second-order valence-electron chi connectivity index (χ2n) is 6.20. The minimum Gasteiger partial charge on any atom is -0.310 e. The Balaban J connectivity index is 1.63. The summed E-state index contributed by atoms with van der Waals surface area (Å²) in [7, 11) is 1.76. The Labute approximate surface area is 171 Å². The van der Waals surface area contributed by atoms with Gasteiger partial charge >= 0.3 is 5.69 Å². The average Bonchev–Trinajstić information content (AvgIpc) is 3.21. The zero-order valence-electron chi connectivity index (χ0n) is 15.6. The molecule has 0 radical (unpaired) electrons. The SMILES string of the molecule is CCCCn1c(SCC(=O)Nc2cc(-c3ccc(Cl)cc3)nn2C)n[nH]c1=O. The Morgan fingerprint density at radius 3 is 2.79 bits per heavy atom. The maximum Gasteiger partial charge on any atom is 0.343 e. The third-order valence-electron chi connectivity index (χ3n) is 4.08. The van der Waals surface area contributed by atoms with Crippen molar-refractivity contribution >= 4 is 35.1 Å². The molecule has 28 heavy (non-hydrogen) atoms. The van der Waals surface area contributed by atoms with Crippen LogP contribution in [0, 0.1) is 0 Å². The highest BCUT2D eigenvalue weighted by atomic mass is 35.5. The predicted molar refractivity (Wildman–Crippen MR) is 111 cm³/mol. The van der Waals surface area contributed by atoms with Gasteiger partial charge < -0.3 is 5.32 Å². The quantitative estimate of drug-likeness (QED) is 0.545. The highest BCUT2D eigenvalue weighted by Crippen LogP contribution is 2.23. The summed E-state index contributed by atoms with van der Waals surface area (Å²) in [5.74, 6) is 0.520. The van der Waals surface area contributed by atoms with Crippen molar-refractivity contribution in [3.8, 4) is 11.3 Å². The molecular formula is C18H21ClN6O2S. The number of thioether (sulfide) groups is 1. The van der Waals surface area contributed by atoms with Crippen molar-refractivity contribution in [3.63, 3.8) is 0 Å². The lowest BCUT2D eigenvalue weighted by atomic mass is 10.1. The van der Waals surface area contributed by atoms with Gasteiger partial charge in [0.15, 0.2) is 5.16 Å². The second-order valence-corrected chi connectivity index (χ2v) is 7.58. The summed E-state index contributed by atoms with van der Waals surface area (Å²) in [6.07, 6.45) is 1.85. The van der Waals surface area contributed by atoms with E-state index in [4.69, 9.17) is 11.6 Å². The maximum atomic E-state index is 12.3. The van der Waals surface area contributed by atoms with Crippen LogP contribution in [0.15, 0.2) is 40.3 Å². The first-order valence-electron chi connectivity index (χ1n) is 8.85. The van der Waals surface area contributed by atoms with Gasteiger partial charge in [0, 0.05) is 30.2 Å². The summed E-state index contributed by atoms with van der Waals surface area (Å²) in [6, 6.07) is 9.14. The van der Waals surface area contributed by atoms with Gasteiger partial charge in [-0.25, -0.2) is 9.89 Å². The number of amides is 1. The molecule has 1 aromatic carbocycles. The van der Waals surface area contributed by atoms with Gasteiger partial charge in [-0.3, -0.25) is 14.0 Å². The molecule has 1 amide bonds. The van der Waals surface area contributed by atoms with Gasteiger partial charge in [-0.05, 0) is 18.6 Å². The average molecular weight is 421 g/mol. The molecule has 2 aromatic heterocycles. The molecule has 0 saturated carbocycles. The van der Waals surface area contributed by atoms with E-state index in [2.05, 4.69) is 27.5 Å². The number of unbranched alkanes of at least 4 members (excludes halogenated alkanes) is 1. The number of H-pyrrole nitrogens is 1. The van der Waals surface area contributed by atoms with Crippen LogP contribution in [0.25, 0.3) is 11.3 Å². The van der Waals surface area contributed by atoms with E-state index in [0.29, 0.717) is 22.5 Å². The topological polar surface area (TPSA) is 97.6 Å². The Morgan fingerprint density at radius 1 is 1.32 bits per heavy atom. The fourth-order valence-corrected chi connectivity index (χ4v) is 3.48. The van der Waals surface area contributed by atoms with Crippen LogP contribution >= 0.6 is 23.4 Å². The van der Waals surface area contributed by atoms with Crippen molar-refractivity contribution in [2.75, 3.05) is 11.1 Å². The van der Waals surface area contributed by atoms with Crippen molar-refractivity contribution < 1.29 is 4.79 Å². The predicted octanol–water partition coefficient (Wildman–Crippen LogP) is 3.16. The summed E-state index contributed by atoms with van der Waals surface area (Å²) in [5, 5.41) is 14.9. The molecule has 0 spiro atoms. The standard InChI is InChI=1S/C18H21ClN6O2S/c1-3-4-9-25-17(27)21-22-18(25)28-11-16(26)20-15-10-14(23-24(15)2)12-5-7-13(19)8-6-12/h5-8,10H,3-4,9,11H2,1-2H3,(H,20,26)(H,21,27). The van der Waals surface area contributed by atoms with Crippen LogP contribution in [0.5, 0.6) is 0 Å². The smallest absolute Gasteiger partial charge is 0.310 e. The molecule has 0 saturated heterocycles. The molecule has 2 heterocycles. The third-order valence-corrected chi connectivity index (χ3v) is 5.31. The minimum atomic E-state index is -0.254. The number of halogens is 1. The fraction of sp³-hybridized carbons (Fsp3) is 0.333. The van der Waals surface area contributed by atoms with Crippen molar-refractivity contribution in [2.24, 2.45) is 7.05 Å². The van der Waals surface area contributed by atoms with E-state index in [-0.39, 0.29) is 17.3 Å². The summed E-state index contributed by atoms with van der Waals surface area (Å²) < 4.78 is 3.17. The summed E-state index contributed by atoms with van der Waals surface area (Å²) in [4.78, 5) is 24.1. The maximum absolute atomic E-state index is 12.3. The lowest BCUT2D eigenvalue weighted by Gasteiger charge is -2.06. The van der Waals surface area contributed by atoms with Gasteiger partial charge in [-0.2, -0.15) is 5.10 Å². The van der Waals surface area contributed by atoms with Crippen molar-refractivity contribution in [3.05, 3.63) is 45.8 Å². The lowest BCUT2D eigenvalue weighted by molar-refractivity contribution is -0.113. The number of anilines is 1. The molecule has 2 N–H and O–H groups in total. The fourth-order valence-electron chi connectivity index (χ4n) is 2.58. The van der Waals surface area contributed by atoms with E-state index in [9.17, 15) is 9.59 Å². The summed E-state index contributed by atoms with van der Waals surface area (Å²) in [5.41, 5.74) is 1.39. The Hall–Kier alpha value is -2.52. The molecule has 0 aliphatic rings. The number of carbonyl (C=O) groups is 1. The molecule has 0 aliphatic carbocycles. The van der Waals surface area contributed by atoms with E-state index in [1.807, 2.05) is 12.1 Å². The first kappa shape index (κ1) is 20.2. The monoisotopic (exact) mass is 420 g/mol. The van der Waals surface area contributed by atoms with Gasteiger partial charge in [0.2, 0.25) is 5.91 Å². The van der Waals surface area contributed by atoms with Crippen LogP contribution in [-0.2, 0) is 18.4 Å². The van der Waals surface area contributed by atoms with Crippen LogP contribution in [0.2, 0.25) is 5.02 Å².